The van der Waals surface area contributed by atoms with Gasteiger partial charge in [-0.15, -0.1) is 0 Å². The third-order valence-electron chi connectivity index (χ3n) is 3.55. The number of nitrogen functional groups attached to an aromatic ring is 1. The number of ether oxygens (including phenoxy) is 2. The Hall–Kier alpha value is -2.04. The van der Waals surface area contributed by atoms with Gasteiger partial charge in [0.05, 0.1) is 6.33 Å². The van der Waals surface area contributed by atoms with E-state index in [4.69, 9.17) is 15.2 Å². The van der Waals surface area contributed by atoms with Crippen LogP contribution in [-0.4, -0.2) is 50.3 Å². The van der Waals surface area contributed by atoms with E-state index < -0.39 is 30.4 Å². The number of anilines is 1. The molecule has 0 amide bonds. The van der Waals surface area contributed by atoms with Crippen LogP contribution >= 0.6 is 0 Å². The van der Waals surface area contributed by atoms with Gasteiger partial charge < -0.3 is 20.3 Å². The second kappa shape index (κ2) is 4.76. The number of aromatic nitrogens is 4. The molecule has 0 aromatic carbocycles. The Morgan fingerprint density at radius 2 is 2.52 bits per heavy atom. The van der Waals surface area contributed by atoms with Crippen LogP contribution in [0.4, 0.5) is 10.3 Å². The van der Waals surface area contributed by atoms with E-state index in [1.807, 2.05) is 0 Å². The predicted octanol–water partition coefficient (Wildman–Crippen LogP) is -0.706. The molecular weight excluding hydrogens is 285 g/mol. The summed E-state index contributed by atoms with van der Waals surface area (Å²) in [6, 6.07) is 0. The average Bonchev–Trinajstić information content (AvgIpc) is 3.00. The fourth-order valence-electron chi connectivity index (χ4n) is 2.41. The van der Waals surface area contributed by atoms with Crippen molar-refractivity contribution in [3.63, 3.8) is 0 Å². The second-order valence-electron chi connectivity index (χ2n) is 4.73. The summed E-state index contributed by atoms with van der Waals surface area (Å²) >= 11 is 0. The monoisotopic (exact) mass is 299 g/mol. The highest BCUT2D eigenvalue weighted by atomic mass is 19.1. The zero-order valence-corrected chi connectivity index (χ0v) is 11.1. The van der Waals surface area contributed by atoms with Crippen molar-refractivity contribution < 1.29 is 19.0 Å². The molecule has 21 heavy (non-hydrogen) atoms. The summed E-state index contributed by atoms with van der Waals surface area (Å²) in [5.74, 6) is -1.81. The van der Waals surface area contributed by atoms with Crippen LogP contribution in [0.25, 0.3) is 11.2 Å². The number of imidazole rings is 1. The molecule has 1 fully saturated rings. The molecule has 10 heteroatoms. The Balaban J connectivity index is 2.05. The maximum Gasteiger partial charge on any atom is 0.280 e. The lowest BCUT2D eigenvalue weighted by Crippen LogP contribution is -2.42. The number of nitrogens with zero attached hydrogens (tertiary/aromatic N) is 3. The SMILES string of the molecule is CO[C@]1(CO)O[C@@H](n2cnc3c(=O)[nH]c(N)nc32)C[C@@H]1F. The lowest BCUT2D eigenvalue weighted by atomic mass is 10.1. The number of aliphatic hydroxyl groups is 1. The van der Waals surface area contributed by atoms with Crippen molar-refractivity contribution in [2.24, 2.45) is 0 Å². The van der Waals surface area contributed by atoms with Crippen molar-refractivity contribution in [2.45, 2.75) is 24.6 Å². The van der Waals surface area contributed by atoms with Crippen LogP contribution in [0.15, 0.2) is 11.1 Å². The smallest absolute Gasteiger partial charge is 0.280 e. The molecule has 2 aromatic heterocycles. The van der Waals surface area contributed by atoms with Gasteiger partial charge in [-0.05, 0) is 0 Å². The second-order valence-corrected chi connectivity index (χ2v) is 4.73. The van der Waals surface area contributed by atoms with E-state index >= 15 is 0 Å². The summed E-state index contributed by atoms with van der Waals surface area (Å²) in [5.41, 5.74) is 5.25. The molecule has 1 saturated heterocycles. The zero-order valence-electron chi connectivity index (χ0n) is 11.1. The minimum absolute atomic E-state index is 0.0714. The summed E-state index contributed by atoms with van der Waals surface area (Å²) in [6.07, 6.45) is -1.11. The molecule has 3 rings (SSSR count). The zero-order chi connectivity index (χ0) is 15.2. The standard InChI is InChI=1S/C11H14FN5O4/c1-20-11(3-18)5(12)2-6(21-11)17-4-14-7-8(17)15-10(13)16-9(7)19/h4-6,18H,2-3H2,1H3,(H3,13,15,16,19)/t5-,6+,11+/m0/s1. The summed E-state index contributed by atoms with van der Waals surface area (Å²) in [6.45, 7) is -0.635. The van der Waals surface area contributed by atoms with Crippen LogP contribution in [0.2, 0.25) is 0 Å². The van der Waals surface area contributed by atoms with Gasteiger partial charge in [-0.25, -0.2) is 9.37 Å². The molecule has 2 aromatic rings. The molecular formula is C11H14FN5O4. The highest BCUT2D eigenvalue weighted by Gasteiger charge is 2.50. The maximum atomic E-state index is 14.1. The van der Waals surface area contributed by atoms with E-state index in [-0.39, 0.29) is 23.5 Å². The van der Waals surface area contributed by atoms with Gasteiger partial charge in [0.2, 0.25) is 11.7 Å². The number of aromatic amines is 1. The van der Waals surface area contributed by atoms with Crippen molar-refractivity contribution in [1.29, 1.82) is 0 Å². The quantitative estimate of drug-likeness (QED) is 0.683. The molecule has 3 atom stereocenters. The summed E-state index contributed by atoms with van der Waals surface area (Å²) in [4.78, 5) is 21.9. The molecule has 114 valence electrons. The van der Waals surface area contributed by atoms with Crippen LogP contribution in [0.5, 0.6) is 0 Å². The third-order valence-corrected chi connectivity index (χ3v) is 3.55. The molecule has 3 heterocycles. The molecule has 1 aliphatic heterocycles. The largest absolute Gasteiger partial charge is 0.391 e. The number of nitrogens with one attached hydrogen (secondary N) is 1. The van der Waals surface area contributed by atoms with E-state index in [9.17, 15) is 14.3 Å². The van der Waals surface area contributed by atoms with E-state index in [2.05, 4.69) is 15.0 Å². The molecule has 4 N–H and O–H groups in total. The van der Waals surface area contributed by atoms with Crippen LogP contribution < -0.4 is 11.3 Å². The molecule has 0 aliphatic carbocycles. The number of rotatable bonds is 3. The highest BCUT2D eigenvalue weighted by molar-refractivity contribution is 5.70. The number of halogens is 1. The first-order valence-corrected chi connectivity index (χ1v) is 6.21. The van der Waals surface area contributed by atoms with Crippen molar-refractivity contribution in [3.05, 3.63) is 16.7 Å². The van der Waals surface area contributed by atoms with Crippen LogP contribution in [0.1, 0.15) is 12.6 Å². The Morgan fingerprint density at radius 1 is 1.76 bits per heavy atom. The number of aliphatic hydroxyl groups excluding tert-OH is 1. The fourth-order valence-corrected chi connectivity index (χ4v) is 2.41. The van der Waals surface area contributed by atoms with Gasteiger partial charge in [-0.3, -0.25) is 14.3 Å². The van der Waals surface area contributed by atoms with Crippen molar-refractivity contribution in [3.8, 4) is 0 Å². The molecule has 9 nitrogen and oxygen atoms in total. The van der Waals surface area contributed by atoms with E-state index in [1.165, 1.54) is 18.0 Å². The van der Waals surface area contributed by atoms with Gasteiger partial charge in [-0.2, -0.15) is 4.98 Å². The summed E-state index contributed by atoms with van der Waals surface area (Å²) in [5, 5.41) is 9.30. The molecule has 0 radical (unpaired) electrons. The lowest BCUT2D eigenvalue weighted by molar-refractivity contribution is -0.259. The van der Waals surface area contributed by atoms with Gasteiger partial charge in [0.1, 0.15) is 12.8 Å². The van der Waals surface area contributed by atoms with Crippen molar-refractivity contribution >= 4 is 17.1 Å². The molecule has 0 bridgehead atoms. The molecule has 0 saturated carbocycles. The normalized spacial score (nSPS) is 29.3. The topological polar surface area (TPSA) is 128 Å². The number of nitrogens with two attached hydrogens (primary N) is 1. The Morgan fingerprint density at radius 3 is 3.14 bits per heavy atom. The van der Waals surface area contributed by atoms with E-state index in [1.54, 1.807) is 0 Å². The Labute approximate surface area is 117 Å². The van der Waals surface area contributed by atoms with Gasteiger partial charge in [0, 0.05) is 13.5 Å². The van der Waals surface area contributed by atoms with Gasteiger partial charge in [0.15, 0.2) is 17.3 Å². The van der Waals surface area contributed by atoms with Gasteiger partial charge >= 0.3 is 0 Å². The number of fused-ring (bicyclic) bond motifs is 1. The highest BCUT2D eigenvalue weighted by Crippen LogP contribution is 2.39. The summed E-state index contributed by atoms with van der Waals surface area (Å²) < 4.78 is 25.9. The number of hydrogen-bond acceptors (Lipinski definition) is 7. The van der Waals surface area contributed by atoms with Crippen molar-refractivity contribution in [1.82, 2.24) is 19.5 Å². The fraction of sp³-hybridized carbons (Fsp3) is 0.545. The molecule has 0 spiro atoms. The first kappa shape index (κ1) is 13.9. The third kappa shape index (κ3) is 1.99. The minimum atomic E-state index is -1.73. The Bertz CT molecular complexity index is 725. The first-order chi connectivity index (χ1) is 10.0. The number of alkyl halides is 1. The number of hydrogen-bond donors (Lipinski definition) is 3. The van der Waals surface area contributed by atoms with Gasteiger partial charge in [0.25, 0.3) is 5.56 Å². The maximum absolute atomic E-state index is 14.1. The number of H-pyrrole nitrogens is 1. The van der Waals surface area contributed by atoms with Crippen LogP contribution in [0, 0.1) is 0 Å². The van der Waals surface area contributed by atoms with E-state index in [0.29, 0.717) is 0 Å². The van der Waals surface area contributed by atoms with Crippen LogP contribution in [-0.2, 0) is 9.47 Å². The van der Waals surface area contributed by atoms with E-state index in [0.717, 1.165) is 0 Å². The first-order valence-electron chi connectivity index (χ1n) is 6.21. The van der Waals surface area contributed by atoms with Crippen LogP contribution in [0.3, 0.4) is 0 Å². The number of methoxy groups -OCH3 is 1. The lowest BCUT2D eigenvalue weighted by Gasteiger charge is -2.26. The molecule has 1 aliphatic rings. The average molecular weight is 299 g/mol. The predicted molar refractivity (Wildman–Crippen MR) is 69.0 cm³/mol. The van der Waals surface area contributed by atoms with Crippen molar-refractivity contribution in [2.75, 3.05) is 19.5 Å². The Kier molecular flexibility index (Phi) is 3.15. The molecule has 0 unspecified atom stereocenters. The summed E-state index contributed by atoms with van der Waals surface area (Å²) in [7, 11) is 1.25. The minimum Gasteiger partial charge on any atom is -0.391 e. The van der Waals surface area contributed by atoms with Gasteiger partial charge in [-0.1, -0.05) is 0 Å².